The van der Waals surface area contributed by atoms with E-state index in [1.807, 2.05) is 13.8 Å². The summed E-state index contributed by atoms with van der Waals surface area (Å²) in [5.74, 6) is -1.76. The number of nitrogens with one attached hydrogen (secondary N) is 1. The van der Waals surface area contributed by atoms with Crippen molar-refractivity contribution in [1.29, 1.82) is 0 Å². The molecule has 0 bridgehead atoms. The molecule has 0 saturated carbocycles. The summed E-state index contributed by atoms with van der Waals surface area (Å²) in [6, 6.07) is 3.34. The summed E-state index contributed by atoms with van der Waals surface area (Å²) < 4.78 is 0. The molecule has 1 rings (SSSR count). The Morgan fingerprint density at radius 2 is 2.11 bits per heavy atom. The van der Waals surface area contributed by atoms with Gasteiger partial charge in [0.25, 0.3) is 0 Å². The zero-order valence-corrected chi connectivity index (χ0v) is 11.1. The number of carbonyl (C=O) groups is 2. The van der Waals surface area contributed by atoms with Crippen molar-refractivity contribution in [2.45, 2.75) is 20.3 Å². The molecule has 0 saturated heterocycles. The van der Waals surface area contributed by atoms with Crippen LogP contribution in [-0.4, -0.2) is 28.5 Å². The summed E-state index contributed by atoms with van der Waals surface area (Å²) in [6.07, 6.45) is 1.60. The Labute approximate surface area is 112 Å². The first-order valence-corrected chi connectivity index (χ1v) is 6.10. The molecule has 1 atom stereocenters. The second kappa shape index (κ2) is 6.72. The maximum atomic E-state index is 11.7. The first-order chi connectivity index (χ1) is 8.90. The first-order valence-electron chi connectivity index (χ1n) is 6.10. The number of hydrogen-bond acceptors (Lipinski definition) is 4. The molecule has 0 radical (unpaired) electrons. The lowest BCUT2D eigenvalue weighted by atomic mass is 9.96. The van der Waals surface area contributed by atoms with Crippen molar-refractivity contribution < 1.29 is 14.7 Å². The van der Waals surface area contributed by atoms with Crippen molar-refractivity contribution in [2.24, 2.45) is 11.8 Å². The monoisotopic (exact) mass is 265 g/mol. The molecule has 0 aliphatic heterocycles. The fourth-order valence-corrected chi connectivity index (χ4v) is 1.60. The molecule has 19 heavy (non-hydrogen) atoms. The normalized spacial score (nSPS) is 12.2. The lowest BCUT2D eigenvalue weighted by Gasteiger charge is -2.16. The van der Waals surface area contributed by atoms with Crippen molar-refractivity contribution in [2.75, 3.05) is 12.3 Å². The third kappa shape index (κ3) is 4.95. The van der Waals surface area contributed by atoms with Crippen LogP contribution in [0.1, 0.15) is 19.5 Å². The number of carboxylic acid groups (broad SMARTS) is 1. The maximum absolute atomic E-state index is 11.7. The molecular formula is C13H19N3O3. The van der Waals surface area contributed by atoms with Crippen LogP contribution in [0.3, 0.4) is 0 Å². The quantitative estimate of drug-likeness (QED) is 0.701. The van der Waals surface area contributed by atoms with E-state index in [2.05, 4.69) is 10.3 Å². The molecule has 0 aliphatic carbocycles. The van der Waals surface area contributed by atoms with Gasteiger partial charge in [-0.05, 0) is 18.1 Å². The van der Waals surface area contributed by atoms with Crippen molar-refractivity contribution in [1.82, 2.24) is 10.3 Å². The number of carbonyl (C=O) groups excluding carboxylic acids is 1. The molecule has 6 nitrogen and oxygen atoms in total. The van der Waals surface area contributed by atoms with Gasteiger partial charge in [0.15, 0.2) is 0 Å². The number of amides is 1. The molecule has 1 amide bonds. The van der Waals surface area contributed by atoms with Crippen molar-refractivity contribution >= 4 is 17.6 Å². The van der Waals surface area contributed by atoms with E-state index in [1.165, 1.54) is 6.20 Å². The number of nitrogens with zero attached hydrogens (tertiary/aromatic N) is 1. The largest absolute Gasteiger partial charge is 0.481 e. The van der Waals surface area contributed by atoms with Crippen molar-refractivity contribution in [3.05, 3.63) is 24.0 Å². The number of aliphatic carboxylic acids is 1. The zero-order chi connectivity index (χ0) is 14.4. The van der Waals surface area contributed by atoms with Gasteiger partial charge in [-0.15, -0.1) is 0 Å². The molecule has 0 spiro atoms. The van der Waals surface area contributed by atoms with Crippen molar-refractivity contribution in [3.63, 3.8) is 0 Å². The Kier molecular flexibility index (Phi) is 5.29. The van der Waals surface area contributed by atoms with E-state index in [-0.39, 0.29) is 24.8 Å². The Balaban J connectivity index is 2.47. The highest BCUT2D eigenvalue weighted by molar-refractivity contribution is 5.79. The smallest absolute Gasteiger partial charge is 0.308 e. The minimum atomic E-state index is -0.902. The molecule has 0 aliphatic rings. The Morgan fingerprint density at radius 3 is 2.58 bits per heavy atom. The average Bonchev–Trinajstić information content (AvgIpc) is 2.31. The highest BCUT2D eigenvalue weighted by Gasteiger charge is 2.21. The summed E-state index contributed by atoms with van der Waals surface area (Å²) >= 11 is 0. The fourth-order valence-electron chi connectivity index (χ4n) is 1.60. The Bertz CT molecular complexity index is 443. The van der Waals surface area contributed by atoms with E-state index < -0.39 is 11.9 Å². The number of anilines is 1. The van der Waals surface area contributed by atoms with Gasteiger partial charge in [-0.25, -0.2) is 0 Å². The lowest BCUT2D eigenvalue weighted by molar-refractivity contribution is -0.143. The second-order valence-electron chi connectivity index (χ2n) is 4.75. The third-order valence-electron chi connectivity index (χ3n) is 2.83. The number of nitrogens with two attached hydrogens (primary N) is 1. The summed E-state index contributed by atoms with van der Waals surface area (Å²) in [4.78, 5) is 26.7. The Hall–Kier alpha value is -2.11. The van der Waals surface area contributed by atoms with Crippen LogP contribution in [0.15, 0.2) is 18.3 Å². The number of aromatic nitrogens is 1. The number of carboxylic acids is 1. The number of rotatable bonds is 6. The van der Waals surface area contributed by atoms with Crippen LogP contribution < -0.4 is 11.1 Å². The number of pyridine rings is 1. The van der Waals surface area contributed by atoms with Crippen LogP contribution in [0.5, 0.6) is 0 Å². The molecule has 6 heteroatoms. The standard InChI is InChI=1S/C13H19N3O3/c1-8(2)11(13(18)19)7-16-12(17)5-10-4-3-9(14)6-15-10/h3-4,6,8,11H,5,7,14H2,1-2H3,(H,16,17)(H,18,19). The molecule has 104 valence electrons. The van der Waals surface area contributed by atoms with Gasteiger partial charge in [0.05, 0.1) is 24.2 Å². The number of nitrogen functional groups attached to an aromatic ring is 1. The van der Waals surface area contributed by atoms with E-state index in [9.17, 15) is 9.59 Å². The first kappa shape index (κ1) is 14.9. The molecular weight excluding hydrogens is 246 g/mol. The van der Waals surface area contributed by atoms with Gasteiger partial charge in [-0.1, -0.05) is 13.8 Å². The van der Waals surface area contributed by atoms with E-state index >= 15 is 0 Å². The van der Waals surface area contributed by atoms with Gasteiger partial charge in [-0.3, -0.25) is 14.6 Å². The van der Waals surface area contributed by atoms with Crippen LogP contribution in [0.25, 0.3) is 0 Å². The van der Waals surface area contributed by atoms with Crippen LogP contribution in [0, 0.1) is 11.8 Å². The topological polar surface area (TPSA) is 105 Å². The van der Waals surface area contributed by atoms with Gasteiger partial charge in [-0.2, -0.15) is 0 Å². The van der Waals surface area contributed by atoms with E-state index in [0.29, 0.717) is 11.4 Å². The third-order valence-corrected chi connectivity index (χ3v) is 2.83. The van der Waals surface area contributed by atoms with Gasteiger partial charge in [0, 0.05) is 12.2 Å². The molecule has 1 heterocycles. The Morgan fingerprint density at radius 1 is 1.42 bits per heavy atom. The van der Waals surface area contributed by atoms with Crippen LogP contribution in [0.2, 0.25) is 0 Å². The molecule has 4 N–H and O–H groups in total. The van der Waals surface area contributed by atoms with Crippen LogP contribution in [0.4, 0.5) is 5.69 Å². The summed E-state index contributed by atoms with van der Waals surface area (Å²) in [5, 5.41) is 11.6. The molecule has 1 aromatic heterocycles. The fraction of sp³-hybridized carbons (Fsp3) is 0.462. The highest BCUT2D eigenvalue weighted by Crippen LogP contribution is 2.09. The maximum Gasteiger partial charge on any atom is 0.308 e. The van der Waals surface area contributed by atoms with E-state index in [0.717, 1.165) is 0 Å². The molecule has 1 unspecified atom stereocenters. The summed E-state index contributed by atoms with van der Waals surface area (Å²) in [6.45, 7) is 3.75. The van der Waals surface area contributed by atoms with Crippen molar-refractivity contribution in [3.8, 4) is 0 Å². The lowest BCUT2D eigenvalue weighted by Crippen LogP contribution is -2.36. The second-order valence-corrected chi connectivity index (χ2v) is 4.75. The predicted octanol–water partition coefficient (Wildman–Crippen LogP) is 0.679. The average molecular weight is 265 g/mol. The van der Waals surface area contributed by atoms with Crippen LogP contribution >= 0.6 is 0 Å². The van der Waals surface area contributed by atoms with E-state index in [1.54, 1.807) is 12.1 Å². The van der Waals surface area contributed by atoms with Gasteiger partial charge in [0.2, 0.25) is 5.91 Å². The van der Waals surface area contributed by atoms with Gasteiger partial charge < -0.3 is 16.2 Å². The van der Waals surface area contributed by atoms with Crippen LogP contribution in [-0.2, 0) is 16.0 Å². The van der Waals surface area contributed by atoms with Gasteiger partial charge >= 0.3 is 5.97 Å². The van der Waals surface area contributed by atoms with Gasteiger partial charge in [0.1, 0.15) is 0 Å². The molecule has 0 fully saturated rings. The summed E-state index contributed by atoms with van der Waals surface area (Å²) in [5.41, 5.74) is 6.63. The minimum absolute atomic E-state index is 0.0348. The zero-order valence-electron chi connectivity index (χ0n) is 11.1. The summed E-state index contributed by atoms with van der Waals surface area (Å²) in [7, 11) is 0. The molecule has 1 aromatic rings. The number of hydrogen-bond donors (Lipinski definition) is 3. The predicted molar refractivity (Wildman–Crippen MR) is 71.3 cm³/mol. The highest BCUT2D eigenvalue weighted by atomic mass is 16.4. The minimum Gasteiger partial charge on any atom is -0.481 e. The van der Waals surface area contributed by atoms with E-state index in [4.69, 9.17) is 10.8 Å². The SMILES string of the molecule is CC(C)C(CNC(=O)Cc1ccc(N)cn1)C(=O)O. The molecule has 0 aromatic carbocycles.